The fourth-order valence-corrected chi connectivity index (χ4v) is 1.58. The zero-order valence-electron chi connectivity index (χ0n) is 9.67. The van der Waals surface area contributed by atoms with E-state index in [4.69, 9.17) is 0 Å². The zero-order valence-corrected chi connectivity index (χ0v) is 9.67. The first-order chi connectivity index (χ1) is 7.60. The molecule has 0 aromatic carbocycles. The van der Waals surface area contributed by atoms with Gasteiger partial charge in [0.05, 0.1) is 4.92 Å². The maximum atomic E-state index is 10.5. The van der Waals surface area contributed by atoms with Crippen molar-refractivity contribution < 1.29 is 4.92 Å². The average molecular weight is 224 g/mol. The van der Waals surface area contributed by atoms with Crippen LogP contribution in [-0.4, -0.2) is 28.0 Å². The van der Waals surface area contributed by atoms with Crippen molar-refractivity contribution in [2.24, 2.45) is 0 Å². The Hall–Kier alpha value is -1.56. The second kappa shape index (κ2) is 5.50. The molecule has 0 bridgehead atoms. The van der Waals surface area contributed by atoms with Crippen molar-refractivity contribution in [2.75, 3.05) is 7.05 Å². The highest BCUT2D eigenvalue weighted by atomic mass is 16.6. The van der Waals surface area contributed by atoms with E-state index in [2.05, 4.69) is 15.3 Å². The Morgan fingerprint density at radius 2 is 2.06 bits per heavy atom. The molecule has 1 N–H and O–H groups in total. The first kappa shape index (κ1) is 12.5. The van der Waals surface area contributed by atoms with Gasteiger partial charge in [-0.1, -0.05) is 6.92 Å². The normalized spacial score (nSPS) is 14.4. The summed E-state index contributed by atoms with van der Waals surface area (Å²) in [4.78, 5) is 18.1. The summed E-state index contributed by atoms with van der Waals surface area (Å²) in [5.41, 5.74) is -0.0734. The lowest BCUT2D eigenvalue weighted by Crippen LogP contribution is -2.29. The zero-order chi connectivity index (χ0) is 12.1. The number of likely N-dealkylation sites (N-methyl/N-ethyl adjacent to an activating group) is 1. The standard InChI is InChI=1S/C10H16N4O2/c1-4-9(7(2)11-3)10-12-5-8(6-13-10)14(15)16/h5-7,9,11H,4H2,1-3H3. The minimum atomic E-state index is -0.494. The van der Waals surface area contributed by atoms with Gasteiger partial charge in [-0.2, -0.15) is 0 Å². The lowest BCUT2D eigenvalue weighted by molar-refractivity contribution is -0.385. The quantitative estimate of drug-likeness (QED) is 0.605. The first-order valence-corrected chi connectivity index (χ1v) is 5.23. The molecule has 0 saturated carbocycles. The number of rotatable bonds is 5. The molecule has 0 fully saturated rings. The minimum absolute atomic E-state index is 0.0734. The second-order valence-electron chi connectivity index (χ2n) is 3.65. The highest BCUT2D eigenvalue weighted by Crippen LogP contribution is 2.20. The lowest BCUT2D eigenvalue weighted by atomic mass is 9.97. The van der Waals surface area contributed by atoms with Crippen molar-refractivity contribution in [3.63, 3.8) is 0 Å². The molecule has 6 nitrogen and oxygen atoms in total. The Kier molecular flexibility index (Phi) is 4.30. The van der Waals surface area contributed by atoms with Crippen LogP contribution in [0.2, 0.25) is 0 Å². The van der Waals surface area contributed by atoms with Crippen LogP contribution in [0.15, 0.2) is 12.4 Å². The lowest BCUT2D eigenvalue weighted by Gasteiger charge is -2.20. The molecule has 16 heavy (non-hydrogen) atoms. The molecule has 1 rings (SSSR count). The molecule has 88 valence electrons. The van der Waals surface area contributed by atoms with Gasteiger partial charge in [0.15, 0.2) is 0 Å². The largest absolute Gasteiger partial charge is 0.317 e. The fourth-order valence-electron chi connectivity index (χ4n) is 1.58. The van der Waals surface area contributed by atoms with E-state index in [1.807, 2.05) is 20.9 Å². The van der Waals surface area contributed by atoms with E-state index >= 15 is 0 Å². The van der Waals surface area contributed by atoms with E-state index in [0.29, 0.717) is 5.82 Å². The van der Waals surface area contributed by atoms with Crippen LogP contribution in [0.5, 0.6) is 0 Å². The van der Waals surface area contributed by atoms with Crippen molar-refractivity contribution in [3.05, 3.63) is 28.3 Å². The van der Waals surface area contributed by atoms with Gasteiger partial charge in [0.2, 0.25) is 0 Å². The van der Waals surface area contributed by atoms with Crippen molar-refractivity contribution in [1.82, 2.24) is 15.3 Å². The van der Waals surface area contributed by atoms with Gasteiger partial charge in [0, 0.05) is 12.0 Å². The molecule has 1 aromatic rings. The molecule has 6 heteroatoms. The molecule has 0 aliphatic rings. The third kappa shape index (κ3) is 2.73. The molecule has 0 aliphatic carbocycles. The van der Waals surface area contributed by atoms with Crippen molar-refractivity contribution in [1.29, 1.82) is 0 Å². The molecular formula is C10H16N4O2. The topological polar surface area (TPSA) is 81.0 Å². The molecule has 2 unspecified atom stereocenters. The maximum absolute atomic E-state index is 10.5. The van der Waals surface area contributed by atoms with Gasteiger partial charge in [-0.3, -0.25) is 10.1 Å². The Labute approximate surface area is 94.3 Å². The highest BCUT2D eigenvalue weighted by molar-refractivity contribution is 5.21. The van der Waals surface area contributed by atoms with Crippen molar-refractivity contribution in [3.8, 4) is 0 Å². The molecular weight excluding hydrogens is 208 g/mol. The van der Waals surface area contributed by atoms with Gasteiger partial charge in [-0.25, -0.2) is 9.97 Å². The fraction of sp³-hybridized carbons (Fsp3) is 0.600. The predicted octanol–water partition coefficient (Wildman–Crippen LogP) is 1.49. The van der Waals surface area contributed by atoms with Gasteiger partial charge in [-0.15, -0.1) is 0 Å². The van der Waals surface area contributed by atoms with Crippen LogP contribution in [-0.2, 0) is 0 Å². The summed E-state index contributed by atoms with van der Waals surface area (Å²) in [6.45, 7) is 4.09. The smallest absolute Gasteiger partial charge is 0.305 e. The van der Waals surface area contributed by atoms with Crippen molar-refractivity contribution >= 4 is 5.69 Å². The number of hydrogen-bond acceptors (Lipinski definition) is 5. The number of nitrogens with zero attached hydrogens (tertiary/aromatic N) is 3. The molecule has 0 aliphatic heterocycles. The van der Waals surface area contributed by atoms with E-state index < -0.39 is 4.92 Å². The SMILES string of the molecule is CCC(c1ncc([N+](=O)[O-])cn1)C(C)NC. The molecule has 1 aromatic heterocycles. The Balaban J connectivity index is 2.90. The number of nitro groups is 1. The number of aromatic nitrogens is 2. The van der Waals surface area contributed by atoms with E-state index in [1.54, 1.807) is 0 Å². The summed E-state index contributed by atoms with van der Waals surface area (Å²) in [6, 6.07) is 0.242. The summed E-state index contributed by atoms with van der Waals surface area (Å²) < 4.78 is 0. The molecule has 2 atom stereocenters. The molecule has 0 amide bonds. The summed E-state index contributed by atoms with van der Waals surface area (Å²) >= 11 is 0. The van der Waals surface area contributed by atoms with Gasteiger partial charge in [0.1, 0.15) is 18.2 Å². The first-order valence-electron chi connectivity index (χ1n) is 5.23. The Morgan fingerprint density at radius 3 is 2.44 bits per heavy atom. The van der Waals surface area contributed by atoms with E-state index in [9.17, 15) is 10.1 Å². The van der Waals surface area contributed by atoms with Gasteiger partial charge in [-0.05, 0) is 20.4 Å². The predicted molar refractivity (Wildman–Crippen MR) is 60.2 cm³/mol. The van der Waals surface area contributed by atoms with E-state index in [1.165, 1.54) is 12.4 Å². The Bertz CT molecular complexity index is 352. The van der Waals surface area contributed by atoms with Gasteiger partial charge in [0.25, 0.3) is 0 Å². The molecule has 0 radical (unpaired) electrons. The average Bonchev–Trinajstić information content (AvgIpc) is 2.30. The van der Waals surface area contributed by atoms with Crippen LogP contribution in [0.3, 0.4) is 0 Å². The summed E-state index contributed by atoms with van der Waals surface area (Å²) in [5, 5.41) is 13.6. The van der Waals surface area contributed by atoms with Crippen molar-refractivity contribution in [2.45, 2.75) is 32.2 Å². The van der Waals surface area contributed by atoms with Gasteiger partial charge < -0.3 is 5.32 Å². The molecule has 0 spiro atoms. The van der Waals surface area contributed by atoms with Crippen LogP contribution < -0.4 is 5.32 Å². The van der Waals surface area contributed by atoms with Crippen LogP contribution in [0.4, 0.5) is 5.69 Å². The number of nitrogens with one attached hydrogen (secondary N) is 1. The highest BCUT2D eigenvalue weighted by Gasteiger charge is 2.19. The van der Waals surface area contributed by atoms with Crippen LogP contribution in [0.1, 0.15) is 32.0 Å². The number of hydrogen-bond donors (Lipinski definition) is 1. The molecule has 0 saturated heterocycles. The summed E-state index contributed by atoms with van der Waals surface area (Å²) in [6.07, 6.45) is 3.40. The summed E-state index contributed by atoms with van der Waals surface area (Å²) in [7, 11) is 1.87. The van der Waals surface area contributed by atoms with Gasteiger partial charge >= 0.3 is 5.69 Å². The monoisotopic (exact) mass is 224 g/mol. The maximum Gasteiger partial charge on any atom is 0.305 e. The second-order valence-corrected chi connectivity index (χ2v) is 3.65. The Morgan fingerprint density at radius 1 is 1.50 bits per heavy atom. The molecule has 1 heterocycles. The van der Waals surface area contributed by atoms with E-state index in [0.717, 1.165) is 6.42 Å². The summed E-state index contributed by atoms with van der Waals surface area (Å²) in [5.74, 6) is 0.820. The third-order valence-corrected chi connectivity index (χ3v) is 2.70. The third-order valence-electron chi connectivity index (χ3n) is 2.70. The van der Waals surface area contributed by atoms with E-state index in [-0.39, 0.29) is 17.6 Å². The van der Waals surface area contributed by atoms with Crippen LogP contribution in [0, 0.1) is 10.1 Å². The van der Waals surface area contributed by atoms with Crippen LogP contribution in [0.25, 0.3) is 0 Å². The minimum Gasteiger partial charge on any atom is -0.317 e. The van der Waals surface area contributed by atoms with Crippen LogP contribution >= 0.6 is 0 Å².